The molecule has 5 nitrogen and oxygen atoms in total. The van der Waals surface area contributed by atoms with Gasteiger partial charge in [0.05, 0.1) is 18.7 Å². The normalized spacial score (nSPS) is 17.8. The van der Waals surface area contributed by atoms with E-state index in [2.05, 4.69) is 5.32 Å². The van der Waals surface area contributed by atoms with Crippen LogP contribution < -0.4 is 10.2 Å². The highest BCUT2D eigenvalue weighted by molar-refractivity contribution is 6.00. The highest BCUT2D eigenvalue weighted by Gasteiger charge is 2.35. The van der Waals surface area contributed by atoms with Crippen LogP contribution in [0.25, 0.3) is 0 Å². The summed E-state index contributed by atoms with van der Waals surface area (Å²) in [5, 5.41) is 2.75. The number of nitrogens with zero attached hydrogens (tertiary/aromatic N) is 1. The van der Waals surface area contributed by atoms with Crippen molar-refractivity contribution in [2.45, 2.75) is 13.0 Å². The third kappa shape index (κ3) is 3.00. The molecule has 1 N–H and O–H groups in total. The number of furan rings is 1. The molecule has 0 aliphatic carbocycles. The molecule has 0 spiro atoms. The average molecular weight is 302 g/mol. The van der Waals surface area contributed by atoms with Crippen LogP contribution in [-0.4, -0.2) is 18.4 Å². The smallest absolute Gasteiger partial charge is 0.227 e. The first kappa shape index (κ1) is 14.3. The van der Waals surface area contributed by atoms with E-state index >= 15 is 0 Å². The topological polar surface area (TPSA) is 62.6 Å². The van der Waals surface area contributed by atoms with E-state index in [1.807, 2.05) is 0 Å². The molecule has 1 saturated heterocycles. The maximum absolute atomic E-state index is 13.3. The molecule has 1 aromatic heterocycles. The highest BCUT2D eigenvalue weighted by Crippen LogP contribution is 2.25. The van der Waals surface area contributed by atoms with Crippen LogP contribution in [0.15, 0.2) is 47.1 Å². The van der Waals surface area contributed by atoms with Crippen LogP contribution >= 0.6 is 0 Å². The Bertz CT molecular complexity index is 684. The van der Waals surface area contributed by atoms with E-state index in [1.165, 1.54) is 23.3 Å². The number of carbonyl (C=O) groups is 2. The van der Waals surface area contributed by atoms with Crippen molar-refractivity contribution < 1.29 is 18.4 Å². The molecule has 1 aliphatic heterocycles. The Labute approximate surface area is 126 Å². The first-order valence-corrected chi connectivity index (χ1v) is 6.99. The van der Waals surface area contributed by atoms with Crippen molar-refractivity contribution >= 4 is 17.5 Å². The van der Waals surface area contributed by atoms with Gasteiger partial charge in [0.25, 0.3) is 0 Å². The maximum Gasteiger partial charge on any atom is 0.227 e. The summed E-state index contributed by atoms with van der Waals surface area (Å²) in [6.45, 7) is 0.544. The number of rotatable bonds is 4. The van der Waals surface area contributed by atoms with Crippen molar-refractivity contribution in [1.29, 1.82) is 0 Å². The number of carbonyl (C=O) groups excluding carboxylic acids is 2. The van der Waals surface area contributed by atoms with Crippen molar-refractivity contribution in [2.75, 3.05) is 11.4 Å². The Hall–Kier alpha value is -2.63. The molecule has 1 fully saturated rings. The monoisotopic (exact) mass is 302 g/mol. The predicted octanol–water partition coefficient (Wildman–Crippen LogP) is 2.09. The lowest BCUT2D eigenvalue weighted by Gasteiger charge is -2.16. The molecule has 0 saturated carbocycles. The highest BCUT2D eigenvalue weighted by atomic mass is 19.1. The number of hydrogen-bond acceptors (Lipinski definition) is 3. The molecule has 2 heterocycles. The quantitative estimate of drug-likeness (QED) is 0.940. The molecule has 1 aromatic carbocycles. The standard InChI is InChI=1S/C16H15FN2O3/c17-12-3-1-4-13(8-12)19-10-11(7-15(19)20)16(21)18-9-14-5-2-6-22-14/h1-6,8,11H,7,9-10H2,(H,18,21)/t11-/m0/s1. The van der Waals surface area contributed by atoms with Crippen LogP contribution in [-0.2, 0) is 16.1 Å². The second-order valence-corrected chi connectivity index (χ2v) is 5.18. The van der Waals surface area contributed by atoms with Gasteiger partial charge in [0.1, 0.15) is 11.6 Å². The molecule has 6 heteroatoms. The maximum atomic E-state index is 13.3. The Morgan fingerprint density at radius 2 is 2.23 bits per heavy atom. The Morgan fingerprint density at radius 1 is 1.36 bits per heavy atom. The summed E-state index contributed by atoms with van der Waals surface area (Å²) in [6, 6.07) is 9.32. The first-order chi connectivity index (χ1) is 10.6. The average Bonchev–Trinajstić information content (AvgIpc) is 3.14. The van der Waals surface area contributed by atoms with Crippen LogP contribution in [0.5, 0.6) is 0 Å². The summed E-state index contributed by atoms with van der Waals surface area (Å²) in [4.78, 5) is 25.6. The molecule has 0 bridgehead atoms. The first-order valence-electron chi connectivity index (χ1n) is 6.99. The van der Waals surface area contributed by atoms with Crippen molar-refractivity contribution in [1.82, 2.24) is 5.32 Å². The Balaban J connectivity index is 1.62. The summed E-state index contributed by atoms with van der Waals surface area (Å²) in [5.41, 5.74) is 0.478. The molecule has 2 amide bonds. The summed E-state index contributed by atoms with van der Waals surface area (Å²) in [5.74, 6) is -0.575. The fourth-order valence-corrected chi connectivity index (χ4v) is 2.51. The van der Waals surface area contributed by atoms with Gasteiger partial charge in [0.15, 0.2) is 0 Å². The molecule has 0 radical (unpaired) electrons. The Morgan fingerprint density at radius 3 is 2.95 bits per heavy atom. The molecule has 3 rings (SSSR count). The molecular formula is C16H15FN2O3. The van der Waals surface area contributed by atoms with Gasteiger partial charge in [0.2, 0.25) is 11.8 Å². The van der Waals surface area contributed by atoms with Crippen molar-refractivity contribution in [3.63, 3.8) is 0 Å². The van der Waals surface area contributed by atoms with Crippen LogP contribution in [0.3, 0.4) is 0 Å². The minimum atomic E-state index is -0.439. The van der Waals surface area contributed by atoms with Gasteiger partial charge in [-0.05, 0) is 30.3 Å². The molecule has 2 aromatic rings. The fraction of sp³-hybridized carbons (Fsp3) is 0.250. The van der Waals surface area contributed by atoms with Crippen LogP contribution in [0.2, 0.25) is 0 Å². The lowest BCUT2D eigenvalue weighted by molar-refractivity contribution is -0.126. The van der Waals surface area contributed by atoms with Gasteiger partial charge in [-0.3, -0.25) is 9.59 Å². The zero-order chi connectivity index (χ0) is 15.5. The van der Waals surface area contributed by atoms with Crippen molar-refractivity contribution in [3.8, 4) is 0 Å². The fourth-order valence-electron chi connectivity index (χ4n) is 2.51. The van der Waals surface area contributed by atoms with E-state index in [9.17, 15) is 14.0 Å². The van der Waals surface area contributed by atoms with Gasteiger partial charge < -0.3 is 14.6 Å². The van der Waals surface area contributed by atoms with Crippen molar-refractivity contribution in [2.24, 2.45) is 5.92 Å². The minimum absolute atomic E-state index is 0.125. The van der Waals surface area contributed by atoms with Crippen LogP contribution in [0, 0.1) is 11.7 Å². The molecule has 114 valence electrons. The summed E-state index contributed by atoms with van der Waals surface area (Å²) in [6.07, 6.45) is 1.66. The number of halogens is 1. The van der Waals surface area contributed by atoms with Crippen molar-refractivity contribution in [3.05, 3.63) is 54.2 Å². The summed E-state index contributed by atoms with van der Waals surface area (Å²) >= 11 is 0. The van der Waals surface area contributed by atoms with Crippen LogP contribution in [0.4, 0.5) is 10.1 Å². The van der Waals surface area contributed by atoms with E-state index in [1.54, 1.807) is 24.3 Å². The van der Waals surface area contributed by atoms with Crippen LogP contribution in [0.1, 0.15) is 12.2 Å². The van der Waals surface area contributed by atoms with Gasteiger partial charge in [-0.1, -0.05) is 6.07 Å². The van der Waals surface area contributed by atoms with E-state index in [4.69, 9.17) is 4.42 Å². The second-order valence-electron chi connectivity index (χ2n) is 5.18. The number of amides is 2. The lowest BCUT2D eigenvalue weighted by atomic mass is 10.1. The number of anilines is 1. The van der Waals surface area contributed by atoms with E-state index in [0.29, 0.717) is 11.4 Å². The van der Waals surface area contributed by atoms with E-state index in [-0.39, 0.29) is 31.3 Å². The van der Waals surface area contributed by atoms with E-state index < -0.39 is 11.7 Å². The zero-order valence-corrected chi connectivity index (χ0v) is 11.8. The number of benzene rings is 1. The SMILES string of the molecule is O=C(NCc1ccco1)[C@H]1CC(=O)N(c2cccc(F)c2)C1. The molecule has 22 heavy (non-hydrogen) atoms. The van der Waals surface area contributed by atoms with Gasteiger partial charge >= 0.3 is 0 Å². The molecule has 0 unspecified atom stereocenters. The zero-order valence-electron chi connectivity index (χ0n) is 11.8. The number of nitrogens with one attached hydrogen (secondary N) is 1. The van der Waals surface area contributed by atoms with Gasteiger partial charge in [-0.15, -0.1) is 0 Å². The third-order valence-electron chi connectivity index (χ3n) is 3.63. The minimum Gasteiger partial charge on any atom is -0.467 e. The molecular weight excluding hydrogens is 287 g/mol. The van der Waals surface area contributed by atoms with E-state index in [0.717, 1.165) is 0 Å². The van der Waals surface area contributed by atoms with Gasteiger partial charge in [-0.25, -0.2) is 4.39 Å². The largest absolute Gasteiger partial charge is 0.467 e. The number of hydrogen-bond donors (Lipinski definition) is 1. The molecule has 1 aliphatic rings. The predicted molar refractivity (Wildman–Crippen MR) is 77.4 cm³/mol. The Kier molecular flexibility index (Phi) is 3.91. The van der Waals surface area contributed by atoms with Gasteiger partial charge in [0, 0.05) is 18.7 Å². The summed E-state index contributed by atoms with van der Waals surface area (Å²) in [7, 11) is 0. The third-order valence-corrected chi connectivity index (χ3v) is 3.63. The summed E-state index contributed by atoms with van der Waals surface area (Å²) < 4.78 is 18.4. The lowest BCUT2D eigenvalue weighted by Crippen LogP contribution is -2.32. The second kappa shape index (κ2) is 6.01. The molecule has 1 atom stereocenters. The van der Waals surface area contributed by atoms with Gasteiger partial charge in [-0.2, -0.15) is 0 Å².